The number of hydrogen-bond donors (Lipinski definition) is 0. The fourth-order valence-electron chi connectivity index (χ4n) is 2.38. The molecule has 0 saturated carbocycles. The van der Waals surface area contributed by atoms with Crippen LogP contribution in [-0.4, -0.2) is 33.9 Å². The molecule has 0 aliphatic carbocycles. The maximum Gasteiger partial charge on any atom is 0.343 e. The number of nitrogens with zero attached hydrogens (tertiary/aromatic N) is 3. The Kier molecular flexibility index (Phi) is 5.73. The second-order valence-corrected chi connectivity index (χ2v) is 5.00. The van der Waals surface area contributed by atoms with Gasteiger partial charge < -0.3 is 9.47 Å². The van der Waals surface area contributed by atoms with Gasteiger partial charge in [0.05, 0.1) is 37.0 Å². The normalized spacial score (nSPS) is 11.3. The summed E-state index contributed by atoms with van der Waals surface area (Å²) in [6, 6.07) is 0. The third kappa shape index (κ3) is 3.52. The molecule has 124 valence electrons. The fourth-order valence-corrected chi connectivity index (χ4v) is 2.38. The van der Waals surface area contributed by atoms with E-state index in [0.29, 0.717) is 42.4 Å². The standard InChI is InChI=1S/C17H23N3O3/c1-5-8-9-10-20-16-13(11-18-20)15(22-6-2)14(12(4)19-16)17(21)23-7-3/h8-9,11H,5-7,10H2,1-4H3. The maximum absolute atomic E-state index is 12.2. The zero-order valence-corrected chi connectivity index (χ0v) is 14.1. The van der Waals surface area contributed by atoms with E-state index in [-0.39, 0.29) is 0 Å². The topological polar surface area (TPSA) is 66.2 Å². The minimum atomic E-state index is -0.415. The zero-order valence-electron chi connectivity index (χ0n) is 14.1. The lowest BCUT2D eigenvalue weighted by Crippen LogP contribution is -2.12. The predicted molar refractivity (Wildman–Crippen MR) is 88.8 cm³/mol. The second-order valence-electron chi connectivity index (χ2n) is 5.00. The van der Waals surface area contributed by atoms with Crippen molar-refractivity contribution >= 4 is 17.0 Å². The van der Waals surface area contributed by atoms with Gasteiger partial charge in [-0.3, -0.25) is 0 Å². The molecule has 6 heteroatoms. The van der Waals surface area contributed by atoms with E-state index in [1.165, 1.54) is 0 Å². The van der Waals surface area contributed by atoms with Gasteiger partial charge in [-0.15, -0.1) is 0 Å². The van der Waals surface area contributed by atoms with Crippen molar-refractivity contribution in [2.24, 2.45) is 0 Å². The Morgan fingerprint density at radius 2 is 2.04 bits per heavy atom. The first kappa shape index (κ1) is 17.0. The van der Waals surface area contributed by atoms with Crippen LogP contribution in [0.3, 0.4) is 0 Å². The Morgan fingerprint density at radius 3 is 2.70 bits per heavy atom. The van der Waals surface area contributed by atoms with E-state index in [4.69, 9.17) is 9.47 Å². The number of allylic oxidation sites excluding steroid dienone is 2. The highest BCUT2D eigenvalue weighted by Crippen LogP contribution is 2.31. The molecule has 0 aliphatic rings. The zero-order chi connectivity index (χ0) is 16.8. The summed E-state index contributed by atoms with van der Waals surface area (Å²) in [5.41, 5.74) is 1.67. The number of pyridine rings is 1. The van der Waals surface area contributed by atoms with Crippen molar-refractivity contribution in [2.45, 2.75) is 40.7 Å². The van der Waals surface area contributed by atoms with Gasteiger partial charge in [0, 0.05) is 0 Å². The van der Waals surface area contributed by atoms with Crippen LogP contribution >= 0.6 is 0 Å². The maximum atomic E-state index is 12.2. The molecule has 0 spiro atoms. The van der Waals surface area contributed by atoms with Gasteiger partial charge in [0.2, 0.25) is 0 Å². The molecule has 0 aromatic carbocycles. The number of rotatable bonds is 7. The van der Waals surface area contributed by atoms with Crippen LogP contribution in [0.1, 0.15) is 43.2 Å². The minimum absolute atomic E-state index is 0.308. The van der Waals surface area contributed by atoms with Crippen LogP contribution < -0.4 is 4.74 Å². The van der Waals surface area contributed by atoms with E-state index >= 15 is 0 Å². The predicted octanol–water partition coefficient (Wildman–Crippen LogP) is 3.28. The van der Waals surface area contributed by atoms with Crippen molar-refractivity contribution in [3.63, 3.8) is 0 Å². The molecule has 2 heterocycles. The quantitative estimate of drug-likeness (QED) is 0.579. The third-order valence-corrected chi connectivity index (χ3v) is 3.37. The van der Waals surface area contributed by atoms with Gasteiger partial charge >= 0.3 is 5.97 Å². The monoisotopic (exact) mass is 317 g/mol. The molecule has 0 fully saturated rings. The molecule has 0 N–H and O–H groups in total. The van der Waals surface area contributed by atoms with Crippen LogP contribution in [0.2, 0.25) is 0 Å². The SMILES string of the molecule is CCC=CCn1ncc2c(OCC)c(C(=O)OCC)c(C)nc21. The van der Waals surface area contributed by atoms with Crippen LogP contribution in [-0.2, 0) is 11.3 Å². The average molecular weight is 317 g/mol. The summed E-state index contributed by atoms with van der Waals surface area (Å²) in [4.78, 5) is 16.8. The van der Waals surface area contributed by atoms with Crippen molar-refractivity contribution in [1.29, 1.82) is 0 Å². The second kappa shape index (κ2) is 7.76. The first-order valence-corrected chi connectivity index (χ1v) is 7.94. The van der Waals surface area contributed by atoms with E-state index in [1.807, 2.05) is 13.0 Å². The smallest absolute Gasteiger partial charge is 0.343 e. The molecule has 0 amide bonds. The molecule has 6 nitrogen and oxygen atoms in total. The van der Waals surface area contributed by atoms with Gasteiger partial charge in [-0.2, -0.15) is 5.10 Å². The van der Waals surface area contributed by atoms with E-state index in [2.05, 4.69) is 23.1 Å². The van der Waals surface area contributed by atoms with Crippen LogP contribution in [0.4, 0.5) is 0 Å². The molecule has 2 rings (SSSR count). The Bertz CT molecular complexity index is 719. The Hall–Kier alpha value is -2.37. The van der Waals surface area contributed by atoms with Crippen LogP contribution in [0, 0.1) is 6.92 Å². The van der Waals surface area contributed by atoms with Gasteiger partial charge in [-0.25, -0.2) is 14.5 Å². The summed E-state index contributed by atoms with van der Waals surface area (Å²) in [6.45, 7) is 8.91. The number of hydrogen-bond acceptors (Lipinski definition) is 5. The lowest BCUT2D eigenvalue weighted by Gasteiger charge is -2.13. The Balaban J connectivity index is 2.57. The molecule has 0 atom stereocenters. The largest absolute Gasteiger partial charge is 0.492 e. The van der Waals surface area contributed by atoms with E-state index in [0.717, 1.165) is 11.8 Å². The number of carbonyl (C=O) groups is 1. The highest BCUT2D eigenvalue weighted by atomic mass is 16.5. The van der Waals surface area contributed by atoms with Crippen molar-refractivity contribution in [3.8, 4) is 5.75 Å². The molecule has 0 bridgehead atoms. The van der Waals surface area contributed by atoms with Gasteiger partial charge in [0.25, 0.3) is 0 Å². The summed E-state index contributed by atoms with van der Waals surface area (Å²) >= 11 is 0. The van der Waals surface area contributed by atoms with Crippen LogP contribution in [0.15, 0.2) is 18.3 Å². The van der Waals surface area contributed by atoms with Gasteiger partial charge in [-0.1, -0.05) is 19.1 Å². The van der Waals surface area contributed by atoms with Crippen LogP contribution in [0.5, 0.6) is 5.75 Å². The van der Waals surface area contributed by atoms with Gasteiger partial charge in [-0.05, 0) is 27.2 Å². The number of fused-ring (bicyclic) bond motifs is 1. The number of esters is 1. The minimum Gasteiger partial charge on any atom is -0.492 e. The molecule has 0 unspecified atom stereocenters. The summed E-state index contributed by atoms with van der Waals surface area (Å²) < 4.78 is 12.7. The summed E-state index contributed by atoms with van der Waals surface area (Å²) in [6.07, 6.45) is 6.79. The van der Waals surface area contributed by atoms with Crippen LogP contribution in [0.25, 0.3) is 11.0 Å². The van der Waals surface area contributed by atoms with E-state index in [1.54, 1.807) is 24.7 Å². The van der Waals surface area contributed by atoms with E-state index in [9.17, 15) is 4.79 Å². The number of aromatic nitrogens is 3. The highest BCUT2D eigenvalue weighted by Gasteiger charge is 2.23. The van der Waals surface area contributed by atoms with Crippen molar-refractivity contribution in [2.75, 3.05) is 13.2 Å². The van der Waals surface area contributed by atoms with Crippen molar-refractivity contribution in [3.05, 3.63) is 29.6 Å². The third-order valence-electron chi connectivity index (χ3n) is 3.37. The molecular formula is C17H23N3O3. The Labute approximate surface area is 136 Å². The number of ether oxygens (including phenoxy) is 2. The Morgan fingerprint density at radius 1 is 1.26 bits per heavy atom. The summed E-state index contributed by atoms with van der Waals surface area (Å²) in [5, 5.41) is 5.10. The van der Waals surface area contributed by atoms with Gasteiger partial charge in [0.1, 0.15) is 11.3 Å². The molecule has 23 heavy (non-hydrogen) atoms. The first-order chi connectivity index (χ1) is 11.1. The summed E-state index contributed by atoms with van der Waals surface area (Å²) in [7, 11) is 0. The molecule has 0 radical (unpaired) electrons. The fraction of sp³-hybridized carbons (Fsp3) is 0.471. The first-order valence-electron chi connectivity index (χ1n) is 7.94. The van der Waals surface area contributed by atoms with E-state index < -0.39 is 5.97 Å². The van der Waals surface area contributed by atoms with Crippen molar-refractivity contribution < 1.29 is 14.3 Å². The molecule has 0 aliphatic heterocycles. The summed E-state index contributed by atoms with van der Waals surface area (Å²) in [5.74, 6) is 0.0839. The number of aryl methyl sites for hydroxylation is 1. The lowest BCUT2D eigenvalue weighted by atomic mass is 10.1. The highest BCUT2D eigenvalue weighted by molar-refractivity contribution is 6.00. The molecule has 2 aromatic heterocycles. The molecule has 2 aromatic rings. The molecule has 0 saturated heterocycles. The van der Waals surface area contributed by atoms with Gasteiger partial charge in [0.15, 0.2) is 5.65 Å². The average Bonchev–Trinajstić information content (AvgIpc) is 2.91. The molecular weight excluding hydrogens is 294 g/mol. The van der Waals surface area contributed by atoms with Crippen molar-refractivity contribution in [1.82, 2.24) is 14.8 Å². The lowest BCUT2D eigenvalue weighted by molar-refractivity contribution is 0.0521. The number of carbonyl (C=O) groups excluding carboxylic acids is 1.